The minimum Gasteiger partial charge on any atom is -0.318 e. The molecule has 0 saturated heterocycles. The van der Waals surface area contributed by atoms with Crippen LogP contribution in [0.2, 0.25) is 0 Å². The molecule has 0 bridgehead atoms. The van der Waals surface area contributed by atoms with E-state index in [2.05, 4.69) is 15.4 Å². The minimum absolute atomic E-state index is 0.217. The van der Waals surface area contributed by atoms with Crippen LogP contribution >= 0.6 is 22.7 Å². The van der Waals surface area contributed by atoms with Crippen LogP contribution in [0.15, 0.2) is 34.6 Å². The lowest BCUT2D eigenvalue weighted by atomic mass is 10.3. The van der Waals surface area contributed by atoms with Crippen molar-refractivity contribution >= 4 is 34.3 Å². The van der Waals surface area contributed by atoms with E-state index in [4.69, 9.17) is 0 Å². The second-order valence-corrected chi connectivity index (χ2v) is 5.54. The molecule has 0 unspecified atom stereocenters. The first-order chi connectivity index (χ1) is 9.22. The van der Waals surface area contributed by atoms with Gasteiger partial charge in [-0.15, -0.1) is 11.3 Å². The maximum absolute atomic E-state index is 12.0. The standard InChI is InChI=1S/C12H10N4OS2/c1-16-5-9(4-13-16)14-11(17)10-7-19-12(15-10)8-2-3-18-6-8/h2-7H,1H3,(H,14,17). The molecule has 3 rings (SSSR count). The first-order valence-electron chi connectivity index (χ1n) is 5.50. The molecule has 3 aromatic heterocycles. The smallest absolute Gasteiger partial charge is 0.275 e. The Morgan fingerprint density at radius 1 is 1.42 bits per heavy atom. The number of carbonyl (C=O) groups excluding carboxylic acids is 1. The summed E-state index contributed by atoms with van der Waals surface area (Å²) in [6.07, 6.45) is 3.34. The van der Waals surface area contributed by atoms with E-state index in [0.717, 1.165) is 10.6 Å². The van der Waals surface area contributed by atoms with Gasteiger partial charge in [-0.05, 0) is 11.4 Å². The summed E-state index contributed by atoms with van der Waals surface area (Å²) in [6.45, 7) is 0. The molecule has 0 fully saturated rings. The highest BCUT2D eigenvalue weighted by Crippen LogP contribution is 2.25. The highest BCUT2D eigenvalue weighted by atomic mass is 32.1. The SMILES string of the molecule is Cn1cc(NC(=O)c2csc(-c3ccsc3)n2)cn1. The third-order valence-corrected chi connectivity index (χ3v) is 4.04. The molecule has 0 aliphatic rings. The van der Waals surface area contributed by atoms with Crippen LogP contribution in [0, 0.1) is 0 Å². The Balaban J connectivity index is 1.77. The number of amides is 1. The molecule has 1 N–H and O–H groups in total. The van der Waals surface area contributed by atoms with Gasteiger partial charge in [-0.1, -0.05) is 0 Å². The Labute approximate surface area is 117 Å². The van der Waals surface area contributed by atoms with E-state index in [1.807, 2.05) is 16.8 Å². The van der Waals surface area contributed by atoms with Crippen LogP contribution in [0.4, 0.5) is 5.69 Å². The Bertz CT molecular complexity index is 699. The zero-order valence-electron chi connectivity index (χ0n) is 10.0. The molecule has 0 aliphatic carbocycles. The monoisotopic (exact) mass is 290 g/mol. The molecule has 0 spiro atoms. The molecule has 19 heavy (non-hydrogen) atoms. The van der Waals surface area contributed by atoms with E-state index in [0.29, 0.717) is 11.4 Å². The van der Waals surface area contributed by atoms with Gasteiger partial charge in [-0.2, -0.15) is 16.4 Å². The topological polar surface area (TPSA) is 59.8 Å². The molecular weight excluding hydrogens is 280 g/mol. The normalized spacial score (nSPS) is 10.6. The average Bonchev–Trinajstić information content (AvgIpc) is 3.08. The fraction of sp³-hybridized carbons (Fsp3) is 0.0833. The first-order valence-corrected chi connectivity index (χ1v) is 7.33. The number of hydrogen-bond acceptors (Lipinski definition) is 5. The van der Waals surface area contributed by atoms with Crippen molar-refractivity contribution in [1.29, 1.82) is 0 Å². The summed E-state index contributed by atoms with van der Waals surface area (Å²) >= 11 is 3.08. The highest BCUT2D eigenvalue weighted by molar-refractivity contribution is 7.14. The number of thiophene rings is 1. The van der Waals surface area contributed by atoms with Crippen LogP contribution in [0.3, 0.4) is 0 Å². The Morgan fingerprint density at radius 2 is 2.32 bits per heavy atom. The molecule has 0 aliphatic heterocycles. The molecule has 0 saturated carbocycles. The molecule has 96 valence electrons. The van der Waals surface area contributed by atoms with Gasteiger partial charge in [0.25, 0.3) is 5.91 Å². The molecule has 5 nitrogen and oxygen atoms in total. The largest absolute Gasteiger partial charge is 0.318 e. The number of anilines is 1. The molecule has 1 amide bonds. The van der Waals surface area contributed by atoms with Crippen molar-refractivity contribution in [2.75, 3.05) is 5.32 Å². The van der Waals surface area contributed by atoms with Crippen LogP contribution in [-0.4, -0.2) is 20.7 Å². The average molecular weight is 290 g/mol. The Kier molecular flexibility index (Phi) is 3.14. The van der Waals surface area contributed by atoms with Gasteiger partial charge in [0.2, 0.25) is 0 Å². The van der Waals surface area contributed by atoms with Crippen molar-refractivity contribution in [2.24, 2.45) is 7.05 Å². The van der Waals surface area contributed by atoms with Crippen LogP contribution in [0.5, 0.6) is 0 Å². The van der Waals surface area contributed by atoms with Crippen molar-refractivity contribution < 1.29 is 4.79 Å². The van der Waals surface area contributed by atoms with Gasteiger partial charge in [0.1, 0.15) is 10.7 Å². The third kappa shape index (κ3) is 2.56. The van der Waals surface area contributed by atoms with Crippen molar-refractivity contribution in [3.05, 3.63) is 40.3 Å². The fourth-order valence-electron chi connectivity index (χ4n) is 1.58. The van der Waals surface area contributed by atoms with Gasteiger partial charge < -0.3 is 5.32 Å². The molecule has 3 heterocycles. The third-order valence-electron chi connectivity index (χ3n) is 2.47. The summed E-state index contributed by atoms with van der Waals surface area (Å²) in [4.78, 5) is 16.3. The number of nitrogens with zero attached hydrogens (tertiary/aromatic N) is 3. The van der Waals surface area contributed by atoms with E-state index < -0.39 is 0 Å². The number of carbonyl (C=O) groups is 1. The lowest BCUT2D eigenvalue weighted by Crippen LogP contribution is -2.11. The number of aryl methyl sites for hydroxylation is 1. The van der Waals surface area contributed by atoms with E-state index in [1.54, 1.807) is 40.8 Å². The van der Waals surface area contributed by atoms with Crippen LogP contribution in [0.1, 0.15) is 10.5 Å². The van der Waals surface area contributed by atoms with Gasteiger partial charge in [0.15, 0.2) is 0 Å². The maximum atomic E-state index is 12.0. The second-order valence-electron chi connectivity index (χ2n) is 3.91. The number of aromatic nitrogens is 3. The van der Waals surface area contributed by atoms with E-state index in [-0.39, 0.29) is 5.91 Å². The van der Waals surface area contributed by atoms with Crippen LogP contribution < -0.4 is 5.32 Å². The zero-order valence-corrected chi connectivity index (χ0v) is 11.7. The van der Waals surface area contributed by atoms with Gasteiger partial charge in [-0.3, -0.25) is 9.48 Å². The van der Waals surface area contributed by atoms with E-state index in [1.165, 1.54) is 11.3 Å². The molecule has 0 aromatic carbocycles. The van der Waals surface area contributed by atoms with Crippen LogP contribution in [0.25, 0.3) is 10.6 Å². The second kappa shape index (κ2) is 4.94. The zero-order chi connectivity index (χ0) is 13.2. The molecule has 0 atom stereocenters. The van der Waals surface area contributed by atoms with Crippen LogP contribution in [-0.2, 0) is 7.05 Å². The number of thiazole rings is 1. The van der Waals surface area contributed by atoms with Gasteiger partial charge in [0.05, 0.1) is 11.9 Å². The van der Waals surface area contributed by atoms with Crippen molar-refractivity contribution in [2.45, 2.75) is 0 Å². The minimum atomic E-state index is -0.217. The van der Waals surface area contributed by atoms with Gasteiger partial charge >= 0.3 is 0 Å². The lowest BCUT2D eigenvalue weighted by molar-refractivity contribution is 0.102. The maximum Gasteiger partial charge on any atom is 0.275 e. The quantitative estimate of drug-likeness (QED) is 0.807. The molecule has 7 heteroatoms. The number of nitrogens with one attached hydrogen (secondary N) is 1. The predicted octanol–water partition coefficient (Wildman–Crippen LogP) is 2.86. The summed E-state index contributed by atoms with van der Waals surface area (Å²) in [7, 11) is 1.80. The summed E-state index contributed by atoms with van der Waals surface area (Å²) in [6, 6.07) is 1.99. The van der Waals surface area contributed by atoms with Crippen molar-refractivity contribution in [3.63, 3.8) is 0 Å². The molecular formula is C12H10N4OS2. The summed E-state index contributed by atoms with van der Waals surface area (Å²) in [5, 5.41) is 13.4. The number of rotatable bonds is 3. The molecule has 3 aromatic rings. The highest BCUT2D eigenvalue weighted by Gasteiger charge is 2.12. The van der Waals surface area contributed by atoms with E-state index >= 15 is 0 Å². The number of hydrogen-bond donors (Lipinski definition) is 1. The Morgan fingerprint density at radius 3 is 3.00 bits per heavy atom. The van der Waals surface area contributed by atoms with E-state index in [9.17, 15) is 4.79 Å². The predicted molar refractivity (Wildman–Crippen MR) is 76.6 cm³/mol. The summed E-state index contributed by atoms with van der Waals surface area (Å²) in [5.41, 5.74) is 2.14. The van der Waals surface area contributed by atoms with Crippen molar-refractivity contribution in [1.82, 2.24) is 14.8 Å². The summed E-state index contributed by atoms with van der Waals surface area (Å²) < 4.78 is 1.63. The first kappa shape index (κ1) is 12.1. The van der Waals surface area contributed by atoms with Crippen molar-refractivity contribution in [3.8, 4) is 10.6 Å². The van der Waals surface area contributed by atoms with Gasteiger partial charge in [-0.25, -0.2) is 4.98 Å². The Hall–Kier alpha value is -1.99. The van der Waals surface area contributed by atoms with Gasteiger partial charge in [0, 0.05) is 29.6 Å². The fourth-order valence-corrected chi connectivity index (χ4v) is 3.09. The lowest BCUT2D eigenvalue weighted by Gasteiger charge is -1.97. The molecule has 0 radical (unpaired) electrons. The summed E-state index contributed by atoms with van der Waals surface area (Å²) in [5.74, 6) is -0.217.